The Bertz CT molecular complexity index is 705. The van der Waals surface area contributed by atoms with E-state index in [2.05, 4.69) is 10.5 Å². The molecule has 0 amide bonds. The molecule has 0 aromatic heterocycles. The maximum Gasteiger partial charge on any atom is 0.295 e. The molecule has 0 spiro atoms. The molecule has 1 heterocycles. The second kappa shape index (κ2) is 6.41. The topological polar surface area (TPSA) is 105 Å². The molecule has 22 heavy (non-hydrogen) atoms. The van der Waals surface area contributed by atoms with Crippen molar-refractivity contribution in [2.24, 2.45) is 5.10 Å². The first-order chi connectivity index (χ1) is 10.3. The van der Waals surface area contributed by atoms with Crippen molar-refractivity contribution in [1.82, 2.24) is 4.31 Å². The fourth-order valence-corrected chi connectivity index (χ4v) is 3.70. The van der Waals surface area contributed by atoms with E-state index in [0.717, 1.165) is 18.9 Å². The fourth-order valence-electron chi connectivity index (χ4n) is 2.17. The van der Waals surface area contributed by atoms with E-state index in [1.54, 1.807) is 13.8 Å². The number of anilines is 1. The molecule has 0 aliphatic carbocycles. The van der Waals surface area contributed by atoms with Gasteiger partial charge in [0.05, 0.1) is 9.82 Å². The molecule has 120 valence electrons. The van der Waals surface area contributed by atoms with Crippen LogP contribution >= 0.6 is 0 Å². The maximum atomic E-state index is 12.4. The van der Waals surface area contributed by atoms with Gasteiger partial charge in [-0.1, -0.05) is 0 Å². The van der Waals surface area contributed by atoms with Gasteiger partial charge >= 0.3 is 0 Å². The molecule has 0 saturated carbocycles. The molecule has 1 aliphatic heterocycles. The lowest BCUT2D eigenvalue weighted by Crippen LogP contribution is -2.27. The van der Waals surface area contributed by atoms with Gasteiger partial charge in [0.15, 0.2) is 0 Å². The number of nitrogens with zero attached hydrogens (tertiary/aromatic N) is 3. The molecule has 0 atom stereocenters. The van der Waals surface area contributed by atoms with E-state index >= 15 is 0 Å². The number of hydrazone groups is 1. The van der Waals surface area contributed by atoms with Gasteiger partial charge in [0.2, 0.25) is 10.0 Å². The highest BCUT2D eigenvalue weighted by molar-refractivity contribution is 7.89. The summed E-state index contributed by atoms with van der Waals surface area (Å²) >= 11 is 0. The summed E-state index contributed by atoms with van der Waals surface area (Å²) in [6, 6.07) is 3.81. The minimum absolute atomic E-state index is 0.0659. The molecule has 1 fully saturated rings. The predicted octanol–water partition coefficient (Wildman–Crippen LogP) is 2.19. The van der Waals surface area contributed by atoms with E-state index in [9.17, 15) is 18.5 Å². The van der Waals surface area contributed by atoms with Crippen LogP contribution in [0.15, 0.2) is 28.2 Å². The van der Waals surface area contributed by atoms with Crippen LogP contribution in [0.3, 0.4) is 0 Å². The normalized spacial score (nSPS) is 15.5. The summed E-state index contributed by atoms with van der Waals surface area (Å²) in [6.45, 7) is 4.39. The Morgan fingerprint density at radius 3 is 2.50 bits per heavy atom. The van der Waals surface area contributed by atoms with Crippen molar-refractivity contribution >= 4 is 27.1 Å². The van der Waals surface area contributed by atoms with Gasteiger partial charge in [-0.15, -0.1) is 0 Å². The van der Waals surface area contributed by atoms with E-state index in [-0.39, 0.29) is 16.3 Å². The standard InChI is InChI=1S/C13H18N4O4S/c1-10(2)14-15-12-6-5-11(9-13(12)17(18)19)22(20,21)16-7-3-4-8-16/h5-6,9,15H,3-4,7-8H2,1-2H3. The predicted molar refractivity (Wildman–Crippen MR) is 83.5 cm³/mol. The third-order valence-electron chi connectivity index (χ3n) is 3.27. The van der Waals surface area contributed by atoms with Crippen molar-refractivity contribution in [3.05, 3.63) is 28.3 Å². The largest absolute Gasteiger partial charge is 0.295 e. The molecule has 1 aromatic carbocycles. The first kappa shape index (κ1) is 16.4. The summed E-state index contributed by atoms with van der Waals surface area (Å²) in [6.07, 6.45) is 1.62. The molecular weight excluding hydrogens is 308 g/mol. The van der Waals surface area contributed by atoms with Gasteiger partial charge in [0.1, 0.15) is 5.69 Å². The molecule has 1 saturated heterocycles. The minimum Gasteiger partial charge on any atom is -0.272 e. The van der Waals surface area contributed by atoms with Crippen LogP contribution < -0.4 is 5.43 Å². The molecule has 1 aromatic rings. The van der Waals surface area contributed by atoms with E-state index in [1.807, 2.05) is 0 Å². The number of hydrogen-bond acceptors (Lipinski definition) is 6. The molecular formula is C13H18N4O4S. The van der Waals surface area contributed by atoms with Gasteiger partial charge in [-0.3, -0.25) is 15.5 Å². The number of sulfonamides is 1. The zero-order chi connectivity index (χ0) is 16.3. The lowest BCUT2D eigenvalue weighted by molar-refractivity contribution is -0.384. The van der Waals surface area contributed by atoms with Crippen molar-refractivity contribution < 1.29 is 13.3 Å². The highest BCUT2D eigenvalue weighted by Crippen LogP contribution is 2.30. The second-order valence-electron chi connectivity index (χ2n) is 5.22. The third kappa shape index (κ3) is 3.42. The molecule has 8 nitrogen and oxygen atoms in total. The SMILES string of the molecule is CC(C)=NNc1ccc(S(=O)(=O)N2CCCC2)cc1[N+](=O)[O-]. The Balaban J connectivity index is 2.41. The lowest BCUT2D eigenvalue weighted by atomic mass is 10.3. The van der Waals surface area contributed by atoms with Crippen molar-refractivity contribution in [1.29, 1.82) is 0 Å². The van der Waals surface area contributed by atoms with Gasteiger partial charge in [-0.05, 0) is 38.8 Å². The zero-order valence-electron chi connectivity index (χ0n) is 12.4. The highest BCUT2D eigenvalue weighted by Gasteiger charge is 2.29. The van der Waals surface area contributed by atoms with Crippen LogP contribution in [0.25, 0.3) is 0 Å². The monoisotopic (exact) mass is 326 g/mol. The zero-order valence-corrected chi connectivity index (χ0v) is 13.3. The first-order valence-corrected chi connectivity index (χ1v) is 8.32. The van der Waals surface area contributed by atoms with Crippen molar-refractivity contribution in [2.75, 3.05) is 18.5 Å². The highest BCUT2D eigenvalue weighted by atomic mass is 32.2. The Labute approximate surface area is 129 Å². The third-order valence-corrected chi connectivity index (χ3v) is 5.16. The number of hydrogen-bond donors (Lipinski definition) is 1. The lowest BCUT2D eigenvalue weighted by Gasteiger charge is -2.15. The molecule has 9 heteroatoms. The number of nitro groups is 1. The van der Waals surface area contributed by atoms with Crippen LogP contribution in [-0.2, 0) is 10.0 Å². The Hall–Kier alpha value is -2.00. The van der Waals surface area contributed by atoms with Crippen LogP contribution in [0.2, 0.25) is 0 Å². The number of nitrogens with one attached hydrogen (secondary N) is 1. The van der Waals surface area contributed by atoms with Gasteiger partial charge in [-0.25, -0.2) is 8.42 Å². The summed E-state index contributed by atoms with van der Waals surface area (Å²) in [5.74, 6) is 0. The van der Waals surface area contributed by atoms with Crippen molar-refractivity contribution in [3.63, 3.8) is 0 Å². The van der Waals surface area contributed by atoms with E-state index in [0.29, 0.717) is 18.8 Å². The molecule has 1 aliphatic rings. The van der Waals surface area contributed by atoms with Crippen molar-refractivity contribution in [2.45, 2.75) is 31.6 Å². The number of nitro benzene ring substituents is 1. The van der Waals surface area contributed by atoms with Crippen LogP contribution in [0.1, 0.15) is 26.7 Å². The summed E-state index contributed by atoms with van der Waals surface area (Å²) in [4.78, 5) is 10.5. The molecule has 0 unspecified atom stereocenters. The quantitative estimate of drug-likeness (QED) is 0.507. The average Bonchev–Trinajstić information content (AvgIpc) is 2.99. The van der Waals surface area contributed by atoms with Crippen molar-refractivity contribution in [3.8, 4) is 0 Å². The summed E-state index contributed by atoms with van der Waals surface area (Å²) in [5, 5.41) is 15.1. The molecule has 2 rings (SSSR count). The van der Waals surface area contributed by atoms with E-state index in [4.69, 9.17) is 0 Å². The average molecular weight is 326 g/mol. The Morgan fingerprint density at radius 1 is 1.32 bits per heavy atom. The van der Waals surface area contributed by atoms with Gasteiger partial charge in [0.25, 0.3) is 5.69 Å². The summed E-state index contributed by atoms with van der Waals surface area (Å²) in [7, 11) is -3.68. The Kier molecular flexibility index (Phi) is 4.77. The summed E-state index contributed by atoms with van der Waals surface area (Å²) < 4.78 is 26.2. The maximum absolute atomic E-state index is 12.4. The molecule has 0 bridgehead atoms. The van der Waals surface area contributed by atoms with Gasteiger partial charge in [-0.2, -0.15) is 9.41 Å². The molecule has 1 N–H and O–H groups in total. The van der Waals surface area contributed by atoms with Crippen LogP contribution in [-0.4, -0.2) is 36.4 Å². The smallest absolute Gasteiger partial charge is 0.272 e. The van der Waals surface area contributed by atoms with Crippen LogP contribution in [0, 0.1) is 10.1 Å². The van der Waals surface area contributed by atoms with Gasteiger partial charge < -0.3 is 0 Å². The fraction of sp³-hybridized carbons (Fsp3) is 0.462. The second-order valence-corrected chi connectivity index (χ2v) is 7.16. The van der Waals surface area contributed by atoms with E-state index in [1.165, 1.54) is 16.4 Å². The Morgan fingerprint density at radius 2 is 1.95 bits per heavy atom. The number of rotatable bonds is 5. The van der Waals surface area contributed by atoms with Gasteiger partial charge in [0, 0.05) is 24.9 Å². The van der Waals surface area contributed by atoms with Crippen LogP contribution in [0.5, 0.6) is 0 Å². The van der Waals surface area contributed by atoms with E-state index < -0.39 is 14.9 Å². The minimum atomic E-state index is -3.68. The van der Waals surface area contributed by atoms with Crippen LogP contribution in [0.4, 0.5) is 11.4 Å². The summed E-state index contributed by atoms with van der Waals surface area (Å²) in [5.41, 5.74) is 3.12. The molecule has 0 radical (unpaired) electrons. The first-order valence-electron chi connectivity index (χ1n) is 6.88. The number of benzene rings is 1.